The Kier molecular flexibility index (Phi) is 7.73. The number of hydrogen-bond donors (Lipinski definition) is 2. The molecule has 0 radical (unpaired) electrons. The van der Waals surface area contributed by atoms with Crippen molar-refractivity contribution in [3.05, 3.63) is 80.7 Å². The van der Waals surface area contributed by atoms with Crippen LogP contribution in [0.5, 0.6) is 0 Å². The molecule has 9 nitrogen and oxygen atoms in total. The lowest BCUT2D eigenvalue weighted by atomic mass is 10.1. The van der Waals surface area contributed by atoms with Gasteiger partial charge in [0.05, 0.1) is 5.56 Å². The molecule has 2 aromatic heterocycles. The van der Waals surface area contributed by atoms with E-state index in [4.69, 9.17) is 28.0 Å². The van der Waals surface area contributed by atoms with Crippen LogP contribution in [0.3, 0.4) is 0 Å². The van der Waals surface area contributed by atoms with Crippen LogP contribution in [0.4, 0.5) is 11.6 Å². The van der Waals surface area contributed by atoms with Gasteiger partial charge in [-0.3, -0.25) is 9.59 Å². The van der Waals surface area contributed by atoms with Crippen molar-refractivity contribution >= 4 is 51.8 Å². The Morgan fingerprint density at radius 1 is 1.08 bits per heavy atom. The number of nitrogens with one attached hydrogen (secondary N) is 2. The molecule has 0 atom stereocenters. The zero-order valence-electron chi connectivity index (χ0n) is 19.9. The zero-order chi connectivity index (χ0) is 25.8. The number of fused-ring (bicyclic) bond motifs is 1. The van der Waals surface area contributed by atoms with E-state index in [1.54, 1.807) is 54.7 Å². The van der Waals surface area contributed by atoms with Gasteiger partial charge in [-0.25, -0.2) is 4.98 Å². The van der Waals surface area contributed by atoms with Gasteiger partial charge in [-0.2, -0.15) is 4.98 Å². The van der Waals surface area contributed by atoms with E-state index in [0.717, 1.165) is 11.3 Å². The van der Waals surface area contributed by atoms with E-state index in [1.165, 1.54) is 7.11 Å². The van der Waals surface area contributed by atoms with E-state index < -0.39 is 5.56 Å². The summed E-state index contributed by atoms with van der Waals surface area (Å²) < 4.78 is 1.10. The van der Waals surface area contributed by atoms with Gasteiger partial charge in [-0.15, -0.1) is 4.73 Å². The van der Waals surface area contributed by atoms with Crippen molar-refractivity contribution < 1.29 is 9.63 Å². The lowest BCUT2D eigenvalue weighted by Crippen LogP contribution is -2.28. The highest BCUT2D eigenvalue weighted by Crippen LogP contribution is 2.30. The van der Waals surface area contributed by atoms with Crippen molar-refractivity contribution in [1.82, 2.24) is 19.6 Å². The Hall–Kier alpha value is -3.66. The molecule has 0 unspecified atom stereocenters. The number of nitrogens with zero attached hydrogens (tertiary/aromatic N) is 4. The summed E-state index contributed by atoms with van der Waals surface area (Å²) in [4.78, 5) is 42.2. The number of amides is 1. The summed E-state index contributed by atoms with van der Waals surface area (Å²) >= 11 is 12.4. The van der Waals surface area contributed by atoms with E-state index in [9.17, 15) is 9.59 Å². The first-order valence-corrected chi connectivity index (χ1v) is 11.7. The topological polar surface area (TPSA) is 101 Å². The second kappa shape index (κ2) is 10.9. The highest BCUT2D eigenvalue weighted by atomic mass is 35.5. The predicted molar refractivity (Wildman–Crippen MR) is 143 cm³/mol. The number of likely N-dealkylation sites (N-methyl/N-ethyl adjacent to an activating group) is 1. The molecule has 0 spiro atoms. The number of carbonyl (C=O) groups is 1. The van der Waals surface area contributed by atoms with Crippen molar-refractivity contribution in [3.63, 3.8) is 0 Å². The van der Waals surface area contributed by atoms with Gasteiger partial charge in [0.1, 0.15) is 7.11 Å². The van der Waals surface area contributed by atoms with Crippen LogP contribution in [0.25, 0.3) is 22.2 Å². The maximum Gasteiger partial charge on any atom is 0.293 e. The molecule has 4 aromatic rings. The fourth-order valence-corrected chi connectivity index (χ4v) is 3.87. The highest BCUT2D eigenvalue weighted by Gasteiger charge is 2.17. The monoisotopic (exact) mass is 526 g/mol. The van der Waals surface area contributed by atoms with Crippen molar-refractivity contribution in [2.75, 3.05) is 44.9 Å². The molecule has 0 bridgehead atoms. The molecule has 36 heavy (non-hydrogen) atoms. The molecule has 0 aliphatic carbocycles. The van der Waals surface area contributed by atoms with Gasteiger partial charge in [-0.1, -0.05) is 23.2 Å². The predicted octanol–water partition coefficient (Wildman–Crippen LogP) is 4.05. The number of anilines is 2. The molecule has 0 fully saturated rings. The molecule has 0 saturated carbocycles. The minimum absolute atomic E-state index is 0.272. The molecule has 2 aromatic carbocycles. The van der Waals surface area contributed by atoms with Crippen molar-refractivity contribution in [2.45, 2.75) is 0 Å². The summed E-state index contributed by atoms with van der Waals surface area (Å²) in [5.41, 5.74) is 1.47. The summed E-state index contributed by atoms with van der Waals surface area (Å²) in [5.74, 6) is 0.0580. The standard InChI is InChI=1S/C25H24Cl2N6O3/c1-32(2)11-10-28-25-29-14-16-12-20(24(35)33(36-3)22(16)31-25)19-13-18(8-9-21(19)27)30-23(34)15-4-6-17(26)7-5-15/h4-9,12-14H,10-11H2,1-3H3,(H,30,34)(H,28,29,31). The number of aromatic nitrogens is 3. The number of carbonyl (C=O) groups excluding carboxylic acids is 1. The van der Waals surface area contributed by atoms with Crippen molar-refractivity contribution in [3.8, 4) is 11.1 Å². The Morgan fingerprint density at radius 2 is 1.83 bits per heavy atom. The van der Waals surface area contributed by atoms with Crippen LogP contribution in [0.1, 0.15) is 10.4 Å². The first kappa shape index (κ1) is 25.4. The second-order valence-corrected chi connectivity index (χ2v) is 9.04. The third kappa shape index (κ3) is 5.59. The summed E-state index contributed by atoms with van der Waals surface area (Å²) in [6, 6.07) is 13.1. The Balaban J connectivity index is 1.70. The van der Waals surface area contributed by atoms with E-state index in [2.05, 4.69) is 20.6 Å². The number of hydrogen-bond acceptors (Lipinski definition) is 7. The Morgan fingerprint density at radius 3 is 2.53 bits per heavy atom. The van der Waals surface area contributed by atoms with Crippen molar-refractivity contribution in [2.24, 2.45) is 0 Å². The molecule has 11 heteroatoms. The van der Waals surface area contributed by atoms with Crippen LogP contribution >= 0.6 is 23.2 Å². The van der Waals surface area contributed by atoms with E-state index >= 15 is 0 Å². The largest absolute Gasteiger partial charge is 0.412 e. The van der Waals surface area contributed by atoms with E-state index in [0.29, 0.717) is 50.4 Å². The third-order valence-electron chi connectivity index (χ3n) is 5.35. The summed E-state index contributed by atoms with van der Waals surface area (Å²) in [6.07, 6.45) is 1.61. The number of pyridine rings is 1. The summed E-state index contributed by atoms with van der Waals surface area (Å²) in [5, 5.41) is 7.40. The van der Waals surface area contributed by atoms with Gasteiger partial charge in [0.2, 0.25) is 5.95 Å². The fraction of sp³-hybridized carbons (Fsp3) is 0.200. The van der Waals surface area contributed by atoms with Gasteiger partial charge in [0.25, 0.3) is 11.5 Å². The number of rotatable bonds is 8. The fourth-order valence-electron chi connectivity index (χ4n) is 3.52. The van der Waals surface area contributed by atoms with Gasteiger partial charge in [0, 0.05) is 51.5 Å². The third-order valence-corrected chi connectivity index (χ3v) is 5.93. The summed E-state index contributed by atoms with van der Waals surface area (Å²) in [7, 11) is 5.32. The lowest BCUT2D eigenvalue weighted by Gasteiger charge is -2.14. The molecule has 1 amide bonds. The molecule has 2 N–H and O–H groups in total. The Bertz CT molecular complexity index is 1470. The minimum Gasteiger partial charge on any atom is -0.412 e. The average molecular weight is 527 g/mol. The van der Waals surface area contributed by atoms with E-state index in [-0.39, 0.29) is 11.5 Å². The quantitative estimate of drug-likeness (QED) is 0.357. The first-order chi connectivity index (χ1) is 17.3. The smallest absolute Gasteiger partial charge is 0.293 e. The normalized spacial score (nSPS) is 11.1. The lowest BCUT2D eigenvalue weighted by molar-refractivity contribution is 0.102. The molecule has 4 rings (SSSR count). The van der Waals surface area contributed by atoms with Gasteiger partial charge >= 0.3 is 0 Å². The highest BCUT2D eigenvalue weighted by molar-refractivity contribution is 6.33. The average Bonchev–Trinajstić information content (AvgIpc) is 2.85. The van der Waals surface area contributed by atoms with Crippen LogP contribution in [0, 0.1) is 0 Å². The second-order valence-electron chi connectivity index (χ2n) is 8.20. The molecule has 0 aliphatic rings. The maximum absolute atomic E-state index is 13.4. The number of halogens is 2. The molecular formula is C25H24Cl2N6O3. The Labute approximate surface area is 217 Å². The van der Waals surface area contributed by atoms with Gasteiger partial charge < -0.3 is 20.4 Å². The van der Waals surface area contributed by atoms with Crippen LogP contribution in [0.15, 0.2) is 59.5 Å². The van der Waals surface area contributed by atoms with Crippen LogP contribution in [0.2, 0.25) is 10.0 Å². The van der Waals surface area contributed by atoms with Gasteiger partial charge in [-0.05, 0) is 62.6 Å². The molecular weight excluding hydrogens is 503 g/mol. The van der Waals surface area contributed by atoms with Crippen LogP contribution in [-0.2, 0) is 0 Å². The molecule has 0 aliphatic heterocycles. The summed E-state index contributed by atoms with van der Waals surface area (Å²) in [6.45, 7) is 1.43. The SMILES string of the molecule is COn1c(=O)c(-c2cc(NC(=O)c3ccc(Cl)cc3)ccc2Cl)cc2cnc(NCCN(C)C)nc21. The first-order valence-electron chi connectivity index (χ1n) is 11.0. The molecule has 2 heterocycles. The minimum atomic E-state index is -0.453. The van der Waals surface area contributed by atoms with Crippen molar-refractivity contribution in [1.29, 1.82) is 0 Å². The molecule has 186 valence electrons. The van der Waals surface area contributed by atoms with Gasteiger partial charge in [0.15, 0.2) is 5.65 Å². The zero-order valence-corrected chi connectivity index (χ0v) is 21.4. The van der Waals surface area contributed by atoms with Crippen LogP contribution in [-0.4, -0.2) is 59.8 Å². The number of benzene rings is 2. The van der Waals surface area contributed by atoms with Crippen LogP contribution < -0.4 is 21.0 Å². The molecule has 0 saturated heterocycles. The van der Waals surface area contributed by atoms with E-state index in [1.807, 2.05) is 19.0 Å². The maximum atomic E-state index is 13.4.